The Labute approximate surface area is 229 Å². The molecule has 3 aromatic carbocycles. The minimum absolute atomic E-state index is 0.110. The van der Waals surface area contributed by atoms with Gasteiger partial charge < -0.3 is 19.4 Å². The van der Waals surface area contributed by atoms with Crippen molar-refractivity contribution in [2.24, 2.45) is 0 Å². The van der Waals surface area contributed by atoms with E-state index in [1.54, 1.807) is 23.1 Å². The molecule has 9 heteroatoms. The van der Waals surface area contributed by atoms with Crippen LogP contribution in [0.1, 0.15) is 16.8 Å². The zero-order valence-electron chi connectivity index (χ0n) is 20.7. The van der Waals surface area contributed by atoms with Gasteiger partial charge in [-0.15, -0.1) is 0 Å². The quantitative estimate of drug-likeness (QED) is 0.246. The SMILES string of the molecule is Cc1cccc(N2C(=O)/C(=C\c3c(C)n(CC(=O)Nc4ccc5c(c4)OCO5)c4ccccc34)SC2=S)c1. The van der Waals surface area contributed by atoms with Gasteiger partial charge in [-0.3, -0.25) is 14.5 Å². The van der Waals surface area contributed by atoms with Crippen molar-refractivity contribution in [2.45, 2.75) is 20.4 Å². The molecule has 1 fully saturated rings. The predicted molar refractivity (Wildman–Crippen MR) is 155 cm³/mol. The van der Waals surface area contributed by atoms with Gasteiger partial charge in [0.05, 0.1) is 10.6 Å². The fraction of sp³-hybridized carbons (Fsp3) is 0.138. The highest BCUT2D eigenvalue weighted by atomic mass is 32.2. The monoisotopic (exact) mass is 541 g/mol. The third-order valence-electron chi connectivity index (χ3n) is 6.57. The summed E-state index contributed by atoms with van der Waals surface area (Å²) in [7, 11) is 0. The van der Waals surface area contributed by atoms with Crippen molar-refractivity contribution in [1.82, 2.24) is 4.57 Å². The van der Waals surface area contributed by atoms with Crippen LogP contribution >= 0.6 is 24.0 Å². The highest BCUT2D eigenvalue weighted by Crippen LogP contribution is 2.38. The maximum atomic E-state index is 13.4. The minimum Gasteiger partial charge on any atom is -0.454 e. The number of anilines is 2. The first-order valence-corrected chi connectivity index (χ1v) is 13.2. The summed E-state index contributed by atoms with van der Waals surface area (Å²) in [5.41, 5.74) is 5.13. The number of fused-ring (bicyclic) bond motifs is 2. The molecule has 4 aromatic rings. The van der Waals surface area contributed by atoms with Gasteiger partial charge in [0.1, 0.15) is 6.54 Å². The van der Waals surface area contributed by atoms with Crippen LogP contribution < -0.4 is 19.7 Å². The molecule has 0 radical (unpaired) electrons. The van der Waals surface area contributed by atoms with E-state index in [9.17, 15) is 9.59 Å². The minimum atomic E-state index is -0.176. The molecule has 190 valence electrons. The van der Waals surface area contributed by atoms with Crippen molar-refractivity contribution < 1.29 is 19.1 Å². The van der Waals surface area contributed by atoms with Gasteiger partial charge in [0, 0.05) is 33.9 Å². The standard InChI is InChI=1S/C29H23N3O4S2/c1-17-6-5-7-20(12-17)32-28(34)26(38-29(32)37)14-22-18(2)31(23-9-4-3-8-21(22)23)15-27(33)30-19-10-11-24-25(13-19)36-16-35-24/h3-14H,15-16H2,1-2H3,(H,30,33)/b26-14+. The summed E-state index contributed by atoms with van der Waals surface area (Å²) in [6.45, 7) is 4.23. The van der Waals surface area contributed by atoms with Crippen LogP contribution in [0.25, 0.3) is 17.0 Å². The Balaban J connectivity index is 1.31. The molecule has 0 bridgehead atoms. The van der Waals surface area contributed by atoms with Crippen LogP contribution in [-0.2, 0) is 16.1 Å². The number of ether oxygens (including phenoxy) is 2. The van der Waals surface area contributed by atoms with Crippen LogP contribution in [0.4, 0.5) is 11.4 Å². The zero-order chi connectivity index (χ0) is 26.4. The van der Waals surface area contributed by atoms with Crippen LogP contribution in [0.3, 0.4) is 0 Å². The molecule has 0 atom stereocenters. The Kier molecular flexibility index (Phi) is 6.17. The van der Waals surface area contributed by atoms with E-state index in [4.69, 9.17) is 21.7 Å². The van der Waals surface area contributed by atoms with E-state index in [2.05, 4.69) is 5.32 Å². The molecule has 1 saturated heterocycles. The van der Waals surface area contributed by atoms with Gasteiger partial charge >= 0.3 is 0 Å². The lowest BCUT2D eigenvalue weighted by molar-refractivity contribution is -0.116. The van der Waals surface area contributed by atoms with E-state index in [1.807, 2.05) is 73.0 Å². The van der Waals surface area contributed by atoms with Crippen LogP contribution in [-0.4, -0.2) is 27.5 Å². The number of amides is 2. The maximum absolute atomic E-state index is 13.4. The zero-order valence-corrected chi connectivity index (χ0v) is 22.3. The van der Waals surface area contributed by atoms with E-state index in [0.29, 0.717) is 26.4 Å². The Morgan fingerprint density at radius 1 is 1.05 bits per heavy atom. The number of thiocarbonyl (C=S) groups is 1. The lowest BCUT2D eigenvalue weighted by atomic mass is 10.1. The van der Waals surface area contributed by atoms with E-state index in [0.717, 1.165) is 33.4 Å². The summed E-state index contributed by atoms with van der Waals surface area (Å²) in [4.78, 5) is 28.6. The molecule has 3 heterocycles. The lowest BCUT2D eigenvalue weighted by Gasteiger charge is -2.14. The van der Waals surface area contributed by atoms with Gasteiger partial charge in [0.25, 0.3) is 5.91 Å². The number of benzene rings is 3. The van der Waals surface area contributed by atoms with Gasteiger partial charge in [-0.05, 0) is 55.8 Å². The molecule has 0 spiro atoms. The number of rotatable bonds is 5. The summed E-state index contributed by atoms with van der Waals surface area (Å²) in [6, 6.07) is 20.9. The van der Waals surface area contributed by atoms with Crippen molar-refractivity contribution >= 4 is 68.5 Å². The second-order valence-electron chi connectivity index (χ2n) is 9.07. The van der Waals surface area contributed by atoms with Crippen molar-refractivity contribution in [2.75, 3.05) is 17.0 Å². The molecular formula is C29H23N3O4S2. The number of thioether (sulfide) groups is 1. The normalized spacial score (nSPS) is 15.6. The molecule has 6 rings (SSSR count). The first kappa shape index (κ1) is 24.3. The van der Waals surface area contributed by atoms with Crippen molar-refractivity contribution in [3.8, 4) is 11.5 Å². The van der Waals surface area contributed by atoms with Crippen molar-refractivity contribution in [1.29, 1.82) is 0 Å². The molecule has 7 nitrogen and oxygen atoms in total. The van der Waals surface area contributed by atoms with Crippen molar-refractivity contribution in [3.05, 3.63) is 88.5 Å². The summed E-state index contributed by atoms with van der Waals surface area (Å²) in [5, 5.41) is 3.90. The summed E-state index contributed by atoms with van der Waals surface area (Å²) >= 11 is 6.86. The average Bonchev–Trinajstić information content (AvgIpc) is 3.55. The maximum Gasteiger partial charge on any atom is 0.270 e. The molecule has 0 aliphatic carbocycles. The van der Waals surface area contributed by atoms with E-state index in [1.165, 1.54) is 11.8 Å². The number of nitrogens with one attached hydrogen (secondary N) is 1. The van der Waals surface area contributed by atoms with Crippen LogP contribution in [0, 0.1) is 13.8 Å². The molecule has 1 aromatic heterocycles. The van der Waals surface area contributed by atoms with Gasteiger partial charge in [-0.2, -0.15) is 0 Å². The number of hydrogen-bond acceptors (Lipinski definition) is 6. The van der Waals surface area contributed by atoms with Crippen LogP contribution in [0.15, 0.2) is 71.6 Å². The Morgan fingerprint density at radius 2 is 1.87 bits per heavy atom. The van der Waals surface area contributed by atoms with Gasteiger partial charge in [-0.25, -0.2) is 0 Å². The number of nitrogens with zero attached hydrogens (tertiary/aromatic N) is 2. The number of para-hydroxylation sites is 1. The van der Waals surface area contributed by atoms with Gasteiger partial charge in [0.2, 0.25) is 12.7 Å². The Bertz CT molecular complexity index is 1670. The second kappa shape index (κ2) is 9.66. The summed E-state index contributed by atoms with van der Waals surface area (Å²) in [6.07, 6.45) is 1.89. The Morgan fingerprint density at radius 3 is 2.71 bits per heavy atom. The topological polar surface area (TPSA) is 72.8 Å². The highest BCUT2D eigenvalue weighted by molar-refractivity contribution is 8.27. The Hall–Kier alpha value is -4.08. The summed E-state index contributed by atoms with van der Waals surface area (Å²) in [5.74, 6) is 0.941. The van der Waals surface area contributed by atoms with Gasteiger partial charge in [-0.1, -0.05) is 54.3 Å². The largest absolute Gasteiger partial charge is 0.454 e. The smallest absolute Gasteiger partial charge is 0.270 e. The number of carbonyl (C=O) groups excluding carboxylic acids is 2. The number of hydrogen-bond donors (Lipinski definition) is 1. The van der Waals surface area contributed by atoms with Crippen LogP contribution in [0.2, 0.25) is 0 Å². The molecule has 2 aliphatic rings. The molecule has 2 aliphatic heterocycles. The number of aromatic nitrogens is 1. The fourth-order valence-electron chi connectivity index (χ4n) is 4.75. The number of carbonyl (C=O) groups is 2. The molecule has 0 saturated carbocycles. The van der Waals surface area contributed by atoms with Crippen LogP contribution in [0.5, 0.6) is 11.5 Å². The first-order chi connectivity index (χ1) is 18.4. The highest BCUT2D eigenvalue weighted by Gasteiger charge is 2.34. The molecule has 38 heavy (non-hydrogen) atoms. The average molecular weight is 542 g/mol. The first-order valence-electron chi connectivity index (χ1n) is 12.0. The third kappa shape index (κ3) is 4.33. The van der Waals surface area contributed by atoms with Crippen molar-refractivity contribution in [3.63, 3.8) is 0 Å². The summed E-state index contributed by atoms with van der Waals surface area (Å²) < 4.78 is 13.2. The van der Waals surface area contributed by atoms with E-state index >= 15 is 0 Å². The predicted octanol–water partition coefficient (Wildman–Crippen LogP) is 6.03. The second-order valence-corrected chi connectivity index (χ2v) is 10.8. The molecule has 2 amide bonds. The van der Waals surface area contributed by atoms with Gasteiger partial charge in [0.15, 0.2) is 15.8 Å². The van der Waals surface area contributed by atoms with E-state index < -0.39 is 0 Å². The molecule has 1 N–H and O–H groups in total. The molecule has 0 unspecified atom stereocenters. The molecular weight excluding hydrogens is 518 g/mol. The van der Waals surface area contributed by atoms with E-state index in [-0.39, 0.29) is 25.2 Å². The number of aryl methyl sites for hydroxylation is 1. The fourth-order valence-corrected chi connectivity index (χ4v) is 6.03. The third-order valence-corrected chi connectivity index (χ3v) is 7.87. The lowest BCUT2D eigenvalue weighted by Crippen LogP contribution is -2.27.